The minimum absolute atomic E-state index is 0.0167. The minimum Gasteiger partial charge on any atom is -0.480 e. The summed E-state index contributed by atoms with van der Waals surface area (Å²) in [6.07, 6.45) is 0.925. The Morgan fingerprint density at radius 2 is 1.95 bits per heavy atom. The number of aliphatic carboxylic acids is 1. The normalized spacial score (nSPS) is 11.9. The number of carbonyl (C=O) groups excluding carboxylic acids is 2. The van der Waals surface area contributed by atoms with Crippen LogP contribution in [0, 0.1) is 6.92 Å². The molecule has 2 heterocycles. The largest absolute Gasteiger partial charge is 0.480 e. The molecule has 0 bridgehead atoms. The molecule has 13 nitrogen and oxygen atoms in total. The van der Waals surface area contributed by atoms with E-state index in [1.54, 1.807) is 4.68 Å². The van der Waals surface area contributed by atoms with Crippen molar-refractivity contribution in [3.8, 4) is 0 Å². The number of sulfonamides is 1. The fourth-order valence-electron chi connectivity index (χ4n) is 3.73. The molecule has 1 atom stereocenters. The number of ketones is 1. The molecule has 0 spiro atoms. The lowest BCUT2D eigenvalue weighted by atomic mass is 10.1. The number of nitrogens with two attached hydrogens (primary N) is 2. The molecular weight excluding hydrogens is 558 g/mol. The van der Waals surface area contributed by atoms with Crippen LogP contribution in [0.4, 0.5) is 5.69 Å². The Hall–Kier alpha value is -4.24. The minimum atomic E-state index is -4.18. The summed E-state index contributed by atoms with van der Waals surface area (Å²) in [5, 5.41) is 17.7. The highest BCUT2D eigenvalue weighted by atomic mass is 32.2. The third-order valence-corrected chi connectivity index (χ3v) is 8.18. The first-order valence-corrected chi connectivity index (χ1v) is 14.6. The number of carboxylic acids is 1. The highest BCUT2D eigenvalue weighted by Crippen LogP contribution is 2.26. The lowest BCUT2D eigenvalue weighted by molar-refractivity contribution is -0.139. The SMILES string of the molecule is Cc1cc(CCC(=O)c2cccc(S(=O)(=O)Nc3ccsc3C(=O)N[C@@H](CCCN=C(N)N)C(=O)O)c2)nn1C. The van der Waals surface area contributed by atoms with Gasteiger partial charge in [0.2, 0.25) is 0 Å². The van der Waals surface area contributed by atoms with E-state index in [2.05, 4.69) is 20.1 Å². The van der Waals surface area contributed by atoms with Crippen LogP contribution in [-0.4, -0.2) is 59.5 Å². The molecule has 0 fully saturated rings. The number of nitrogens with zero attached hydrogens (tertiary/aromatic N) is 3. The van der Waals surface area contributed by atoms with Crippen LogP contribution < -0.4 is 21.5 Å². The first-order chi connectivity index (χ1) is 18.9. The number of carbonyl (C=O) groups is 3. The van der Waals surface area contributed by atoms with Crippen molar-refractivity contribution in [2.24, 2.45) is 23.5 Å². The number of benzene rings is 1. The Morgan fingerprint density at radius 3 is 2.60 bits per heavy atom. The quantitative estimate of drug-likeness (QED) is 0.0799. The summed E-state index contributed by atoms with van der Waals surface area (Å²) in [5.74, 6) is -2.37. The molecule has 2 aromatic heterocycles. The smallest absolute Gasteiger partial charge is 0.326 e. The van der Waals surface area contributed by atoms with Gasteiger partial charge in [-0.25, -0.2) is 13.2 Å². The molecule has 0 unspecified atom stereocenters. The average molecular weight is 590 g/mol. The van der Waals surface area contributed by atoms with Crippen molar-refractivity contribution in [1.29, 1.82) is 0 Å². The number of amides is 1. The molecule has 40 heavy (non-hydrogen) atoms. The van der Waals surface area contributed by atoms with E-state index in [0.29, 0.717) is 12.8 Å². The second kappa shape index (κ2) is 13.2. The van der Waals surface area contributed by atoms with E-state index in [1.165, 1.54) is 35.7 Å². The van der Waals surface area contributed by atoms with E-state index in [0.717, 1.165) is 22.7 Å². The van der Waals surface area contributed by atoms with Gasteiger partial charge in [-0.15, -0.1) is 11.3 Å². The first-order valence-electron chi connectivity index (χ1n) is 12.2. The zero-order valence-electron chi connectivity index (χ0n) is 22.0. The maximum Gasteiger partial charge on any atom is 0.326 e. The van der Waals surface area contributed by atoms with Gasteiger partial charge in [0.25, 0.3) is 15.9 Å². The highest BCUT2D eigenvalue weighted by Gasteiger charge is 2.25. The van der Waals surface area contributed by atoms with Crippen LogP contribution in [0.25, 0.3) is 0 Å². The van der Waals surface area contributed by atoms with Crippen molar-refractivity contribution in [1.82, 2.24) is 15.1 Å². The number of rotatable bonds is 14. The number of hydrogen-bond donors (Lipinski definition) is 5. The van der Waals surface area contributed by atoms with E-state index in [9.17, 15) is 27.9 Å². The number of Topliss-reactive ketones (excluding diaryl/α,β-unsaturated/α-hetero) is 1. The average Bonchev–Trinajstić information content (AvgIpc) is 3.49. The molecule has 0 saturated heterocycles. The van der Waals surface area contributed by atoms with Crippen LogP contribution in [0.1, 0.15) is 50.7 Å². The molecule has 214 valence electrons. The van der Waals surface area contributed by atoms with Crippen LogP contribution in [-0.2, 0) is 28.3 Å². The molecule has 1 amide bonds. The molecule has 0 aliphatic heterocycles. The first kappa shape index (κ1) is 30.3. The summed E-state index contributed by atoms with van der Waals surface area (Å²) >= 11 is 0.946. The number of aliphatic imine (C=N–C) groups is 1. The van der Waals surface area contributed by atoms with Crippen molar-refractivity contribution >= 4 is 50.7 Å². The molecular formula is C25H31N7O6S2. The van der Waals surface area contributed by atoms with E-state index in [4.69, 9.17) is 11.5 Å². The fourth-order valence-corrected chi connectivity index (χ4v) is 5.67. The van der Waals surface area contributed by atoms with E-state index in [1.807, 2.05) is 20.0 Å². The molecule has 0 aliphatic carbocycles. The third-order valence-electron chi connectivity index (χ3n) is 5.90. The number of thiophene rings is 1. The summed E-state index contributed by atoms with van der Waals surface area (Å²) < 4.78 is 30.4. The summed E-state index contributed by atoms with van der Waals surface area (Å²) in [6, 6.07) is 7.67. The number of aromatic nitrogens is 2. The molecule has 15 heteroatoms. The zero-order chi connectivity index (χ0) is 29.4. The van der Waals surface area contributed by atoms with Gasteiger partial charge in [-0.1, -0.05) is 12.1 Å². The summed E-state index contributed by atoms with van der Waals surface area (Å²) in [4.78, 5) is 40.8. The predicted molar refractivity (Wildman–Crippen MR) is 151 cm³/mol. The second-order valence-electron chi connectivity index (χ2n) is 8.93. The number of guanidine groups is 1. The van der Waals surface area contributed by atoms with E-state index >= 15 is 0 Å². The molecule has 7 N–H and O–H groups in total. The molecule has 0 radical (unpaired) electrons. The van der Waals surface area contributed by atoms with Gasteiger partial charge in [-0.05, 0) is 55.8 Å². The van der Waals surface area contributed by atoms with Crippen LogP contribution in [0.2, 0.25) is 0 Å². The Balaban J connectivity index is 1.68. The van der Waals surface area contributed by atoms with Crippen molar-refractivity contribution in [2.75, 3.05) is 11.3 Å². The number of nitrogens with one attached hydrogen (secondary N) is 2. The monoisotopic (exact) mass is 589 g/mol. The summed E-state index contributed by atoms with van der Waals surface area (Å²) in [6.45, 7) is 2.10. The van der Waals surface area contributed by atoms with Gasteiger partial charge in [0.15, 0.2) is 11.7 Å². The summed E-state index contributed by atoms with van der Waals surface area (Å²) in [7, 11) is -2.37. The van der Waals surface area contributed by atoms with Gasteiger partial charge in [0.1, 0.15) is 10.9 Å². The Kier molecular flexibility index (Phi) is 10.0. The van der Waals surface area contributed by atoms with E-state index in [-0.39, 0.29) is 52.2 Å². The molecule has 0 saturated carbocycles. The standard InChI is InChI=1S/C25H31N7O6S2/c1-15-13-17(30-32(15)2)8-9-21(33)16-5-3-6-18(14-16)40(37,38)31-19-10-12-39-22(19)23(34)29-20(24(35)36)7-4-11-28-25(26)27/h3,5-6,10,12-14,20,31H,4,7-9,11H2,1-2H3,(H,29,34)(H,35,36)(H4,26,27,28)/t20-/m0/s1. The molecule has 3 rings (SSSR count). The van der Waals surface area contributed by atoms with Crippen LogP contribution in [0.3, 0.4) is 0 Å². The Labute approximate surface area is 235 Å². The van der Waals surface area contributed by atoms with Gasteiger partial charge in [-0.3, -0.25) is 24.0 Å². The number of carboxylic acid groups (broad SMARTS) is 1. The molecule has 0 aliphatic rings. The molecule has 1 aromatic carbocycles. The number of aryl methyl sites for hydroxylation is 3. The second-order valence-corrected chi connectivity index (χ2v) is 11.5. The lowest BCUT2D eigenvalue weighted by Crippen LogP contribution is -2.40. The third kappa shape index (κ3) is 8.13. The van der Waals surface area contributed by atoms with Gasteiger partial charge in [0.05, 0.1) is 16.3 Å². The van der Waals surface area contributed by atoms with Crippen molar-refractivity contribution in [3.63, 3.8) is 0 Å². The van der Waals surface area contributed by atoms with Gasteiger partial charge >= 0.3 is 5.97 Å². The van der Waals surface area contributed by atoms with Gasteiger partial charge in [-0.2, -0.15) is 5.10 Å². The van der Waals surface area contributed by atoms with Crippen molar-refractivity contribution in [3.05, 3.63) is 63.6 Å². The Bertz CT molecular complexity index is 1500. The van der Waals surface area contributed by atoms with Crippen molar-refractivity contribution in [2.45, 2.75) is 43.5 Å². The summed E-state index contributed by atoms with van der Waals surface area (Å²) in [5.41, 5.74) is 12.4. The molecule has 3 aromatic rings. The van der Waals surface area contributed by atoms with Crippen LogP contribution in [0.15, 0.2) is 51.7 Å². The number of anilines is 1. The van der Waals surface area contributed by atoms with Crippen LogP contribution in [0.5, 0.6) is 0 Å². The zero-order valence-corrected chi connectivity index (χ0v) is 23.6. The fraction of sp³-hybridized carbons (Fsp3) is 0.320. The maximum atomic E-state index is 13.1. The highest BCUT2D eigenvalue weighted by molar-refractivity contribution is 7.92. The van der Waals surface area contributed by atoms with Crippen molar-refractivity contribution < 1.29 is 27.9 Å². The predicted octanol–water partition coefficient (Wildman–Crippen LogP) is 1.64. The maximum absolute atomic E-state index is 13.1. The van der Waals surface area contributed by atoms with Crippen LogP contribution >= 0.6 is 11.3 Å². The Morgan fingerprint density at radius 1 is 1.20 bits per heavy atom. The van der Waals surface area contributed by atoms with Gasteiger partial charge in [0, 0.05) is 31.3 Å². The van der Waals surface area contributed by atoms with Gasteiger partial charge < -0.3 is 21.9 Å². The van der Waals surface area contributed by atoms with E-state index < -0.39 is 27.9 Å². The topological polar surface area (TPSA) is 212 Å². The lowest BCUT2D eigenvalue weighted by Gasteiger charge is -2.15. The number of hydrogen-bond acceptors (Lipinski definition) is 8.